The van der Waals surface area contributed by atoms with E-state index in [0.717, 1.165) is 0 Å². The molecule has 0 aromatic carbocycles. The summed E-state index contributed by atoms with van der Waals surface area (Å²) in [7, 11) is 0. The highest BCUT2D eigenvalue weighted by Crippen LogP contribution is 2.23. The van der Waals surface area contributed by atoms with Crippen LogP contribution < -0.4 is 4.90 Å². The topological polar surface area (TPSA) is 86.1 Å². The molecule has 1 fully saturated rings. The van der Waals surface area contributed by atoms with Gasteiger partial charge >= 0.3 is 6.09 Å². The number of ether oxygens (including phenoxy) is 1. The van der Waals surface area contributed by atoms with Crippen LogP contribution in [-0.2, 0) is 4.74 Å². The van der Waals surface area contributed by atoms with Crippen molar-refractivity contribution < 1.29 is 24.1 Å². The van der Waals surface area contributed by atoms with E-state index in [1.807, 2.05) is 20.8 Å². The van der Waals surface area contributed by atoms with E-state index in [-0.39, 0.29) is 17.5 Å². The highest BCUT2D eigenvalue weighted by molar-refractivity contribution is 5.68. The number of rotatable bonds is 3. The number of aliphatic hydroxyl groups excluding tert-OH is 2. The molecule has 0 unspecified atom stereocenters. The number of hydrogen-bond acceptors (Lipinski definition) is 6. The van der Waals surface area contributed by atoms with Crippen LogP contribution in [0.2, 0.25) is 0 Å². The fourth-order valence-corrected chi connectivity index (χ4v) is 2.55. The van der Waals surface area contributed by atoms with Crippen molar-refractivity contribution >= 4 is 11.9 Å². The summed E-state index contributed by atoms with van der Waals surface area (Å²) in [5.41, 5.74) is -0.328. The van der Waals surface area contributed by atoms with Crippen LogP contribution in [0.15, 0.2) is 12.3 Å². The first kappa shape index (κ1) is 19.4. The minimum Gasteiger partial charge on any atom is -0.444 e. The van der Waals surface area contributed by atoms with Crippen molar-refractivity contribution in [2.45, 2.75) is 45.5 Å². The van der Waals surface area contributed by atoms with Gasteiger partial charge in [0.25, 0.3) is 0 Å². The number of anilines is 1. The van der Waals surface area contributed by atoms with Crippen LogP contribution in [0.25, 0.3) is 0 Å². The number of hydrogen-bond donors (Lipinski definition) is 2. The SMILES string of the molecule is C[C@H](O)[C@@H](O)c1cnc(N2CCN(C(=O)OC(C)(C)C)CC2)c(F)c1. The maximum atomic E-state index is 14.3. The molecule has 8 heteroatoms. The van der Waals surface area contributed by atoms with Crippen molar-refractivity contribution in [2.24, 2.45) is 0 Å². The number of nitrogens with zero attached hydrogens (tertiary/aromatic N) is 3. The molecule has 1 aromatic heterocycles. The predicted octanol–water partition coefficient (Wildman–Crippen LogP) is 1.69. The smallest absolute Gasteiger partial charge is 0.410 e. The van der Waals surface area contributed by atoms with E-state index in [9.17, 15) is 19.4 Å². The average Bonchev–Trinajstić information content (AvgIpc) is 2.52. The minimum absolute atomic E-state index is 0.172. The van der Waals surface area contributed by atoms with E-state index < -0.39 is 23.6 Å². The largest absolute Gasteiger partial charge is 0.444 e. The molecule has 7 nitrogen and oxygen atoms in total. The highest BCUT2D eigenvalue weighted by atomic mass is 19.1. The third kappa shape index (κ3) is 5.02. The first-order chi connectivity index (χ1) is 11.6. The number of aliphatic hydroxyl groups is 2. The van der Waals surface area contributed by atoms with Crippen LogP contribution in [0.3, 0.4) is 0 Å². The standard InChI is InChI=1S/C17H26FN3O4/c1-11(22)14(23)12-9-13(18)15(19-10-12)20-5-7-21(8-6-20)16(24)25-17(2,3)4/h9-11,14,22-23H,5-8H2,1-4H3/t11-,14+/m0/s1. The molecular weight excluding hydrogens is 329 g/mol. The number of piperazine rings is 1. The Morgan fingerprint density at radius 2 is 1.88 bits per heavy atom. The van der Waals surface area contributed by atoms with Gasteiger partial charge in [0.05, 0.1) is 6.10 Å². The van der Waals surface area contributed by atoms with Gasteiger partial charge in [-0.25, -0.2) is 14.2 Å². The Hall–Kier alpha value is -1.93. The molecule has 25 heavy (non-hydrogen) atoms. The molecule has 0 spiro atoms. The van der Waals surface area contributed by atoms with E-state index in [1.165, 1.54) is 19.2 Å². The Morgan fingerprint density at radius 3 is 2.36 bits per heavy atom. The van der Waals surface area contributed by atoms with Crippen molar-refractivity contribution in [2.75, 3.05) is 31.1 Å². The second-order valence-corrected chi connectivity index (χ2v) is 7.21. The lowest BCUT2D eigenvalue weighted by molar-refractivity contribution is 0.0240. The summed E-state index contributed by atoms with van der Waals surface area (Å²) in [6.45, 7) is 8.54. The first-order valence-corrected chi connectivity index (χ1v) is 8.33. The normalized spacial score (nSPS) is 18.0. The second-order valence-electron chi connectivity index (χ2n) is 7.21. The summed E-state index contributed by atoms with van der Waals surface area (Å²) in [5, 5.41) is 19.2. The van der Waals surface area contributed by atoms with Crippen LogP contribution >= 0.6 is 0 Å². The molecule has 2 rings (SSSR count). The lowest BCUT2D eigenvalue weighted by atomic mass is 10.1. The van der Waals surface area contributed by atoms with E-state index in [2.05, 4.69) is 4.98 Å². The molecule has 1 aliphatic rings. The molecule has 1 aliphatic heterocycles. The second kappa shape index (κ2) is 7.53. The Bertz CT molecular complexity index is 610. The predicted molar refractivity (Wildman–Crippen MR) is 90.9 cm³/mol. The number of halogens is 1. The molecule has 2 N–H and O–H groups in total. The van der Waals surface area contributed by atoms with Gasteiger partial charge in [0, 0.05) is 37.9 Å². The molecule has 1 amide bonds. The molecule has 0 radical (unpaired) electrons. The molecule has 2 heterocycles. The third-order valence-electron chi connectivity index (χ3n) is 3.87. The van der Waals surface area contributed by atoms with Crippen LogP contribution in [0.1, 0.15) is 39.4 Å². The maximum Gasteiger partial charge on any atom is 0.410 e. The number of aromatic nitrogens is 1. The third-order valence-corrected chi connectivity index (χ3v) is 3.87. The van der Waals surface area contributed by atoms with E-state index in [0.29, 0.717) is 26.2 Å². The molecule has 0 aliphatic carbocycles. The lowest BCUT2D eigenvalue weighted by Crippen LogP contribution is -2.50. The zero-order chi connectivity index (χ0) is 18.8. The maximum absolute atomic E-state index is 14.3. The zero-order valence-electron chi connectivity index (χ0n) is 15.1. The monoisotopic (exact) mass is 355 g/mol. The van der Waals surface area contributed by atoms with Crippen molar-refractivity contribution in [1.29, 1.82) is 0 Å². The van der Waals surface area contributed by atoms with E-state index >= 15 is 0 Å². The van der Waals surface area contributed by atoms with Crippen molar-refractivity contribution in [3.8, 4) is 0 Å². The van der Waals surface area contributed by atoms with Crippen molar-refractivity contribution in [1.82, 2.24) is 9.88 Å². The van der Waals surface area contributed by atoms with Crippen LogP contribution in [-0.4, -0.2) is 64.1 Å². The van der Waals surface area contributed by atoms with Crippen LogP contribution in [0, 0.1) is 5.82 Å². The summed E-state index contributed by atoms with van der Waals surface area (Å²) < 4.78 is 19.7. The molecule has 2 atom stereocenters. The Morgan fingerprint density at radius 1 is 1.28 bits per heavy atom. The molecule has 1 saturated heterocycles. The number of pyridine rings is 1. The number of carbonyl (C=O) groups is 1. The van der Waals surface area contributed by atoms with Gasteiger partial charge < -0.3 is 24.7 Å². The minimum atomic E-state index is -1.18. The van der Waals surface area contributed by atoms with Gasteiger partial charge in [-0.05, 0) is 33.8 Å². The van der Waals surface area contributed by atoms with Crippen molar-refractivity contribution in [3.63, 3.8) is 0 Å². The lowest BCUT2D eigenvalue weighted by Gasteiger charge is -2.36. The average molecular weight is 355 g/mol. The summed E-state index contributed by atoms with van der Waals surface area (Å²) in [6, 6.07) is 1.18. The first-order valence-electron chi connectivity index (χ1n) is 8.33. The molecule has 0 bridgehead atoms. The van der Waals surface area contributed by atoms with Crippen LogP contribution in [0.5, 0.6) is 0 Å². The number of carbonyl (C=O) groups excluding carboxylic acids is 1. The Labute approximate surface area is 147 Å². The fourth-order valence-electron chi connectivity index (χ4n) is 2.55. The number of amides is 1. The zero-order valence-corrected chi connectivity index (χ0v) is 15.1. The Balaban J connectivity index is 2.00. The Kier molecular flexibility index (Phi) is 5.84. The fraction of sp³-hybridized carbons (Fsp3) is 0.647. The quantitative estimate of drug-likeness (QED) is 0.858. The molecule has 1 aromatic rings. The van der Waals surface area contributed by atoms with Gasteiger partial charge in [-0.3, -0.25) is 0 Å². The van der Waals surface area contributed by atoms with Gasteiger partial charge in [0.2, 0.25) is 0 Å². The van der Waals surface area contributed by atoms with E-state index in [4.69, 9.17) is 4.74 Å². The summed E-state index contributed by atoms with van der Waals surface area (Å²) in [4.78, 5) is 19.5. The van der Waals surface area contributed by atoms with Gasteiger partial charge in [-0.1, -0.05) is 0 Å². The molecular formula is C17H26FN3O4. The molecule has 0 saturated carbocycles. The summed E-state index contributed by atoms with van der Waals surface area (Å²) in [5.74, 6) is -0.395. The summed E-state index contributed by atoms with van der Waals surface area (Å²) >= 11 is 0. The van der Waals surface area contributed by atoms with Gasteiger partial charge in [0.1, 0.15) is 11.7 Å². The van der Waals surface area contributed by atoms with Gasteiger partial charge in [0.15, 0.2) is 11.6 Å². The molecule has 140 valence electrons. The van der Waals surface area contributed by atoms with E-state index in [1.54, 1.807) is 9.80 Å². The summed E-state index contributed by atoms with van der Waals surface area (Å²) in [6.07, 6.45) is -1.21. The van der Waals surface area contributed by atoms with Crippen LogP contribution in [0.4, 0.5) is 15.0 Å². The highest BCUT2D eigenvalue weighted by Gasteiger charge is 2.27. The van der Waals surface area contributed by atoms with Gasteiger partial charge in [-0.2, -0.15) is 0 Å². The van der Waals surface area contributed by atoms with Gasteiger partial charge in [-0.15, -0.1) is 0 Å². The van der Waals surface area contributed by atoms with Crippen molar-refractivity contribution in [3.05, 3.63) is 23.6 Å².